The molecule has 0 spiro atoms. The predicted molar refractivity (Wildman–Crippen MR) is 142 cm³/mol. The van der Waals surface area contributed by atoms with Gasteiger partial charge in [0.15, 0.2) is 5.78 Å². The van der Waals surface area contributed by atoms with Crippen LogP contribution in [0.15, 0.2) is 84.9 Å². The van der Waals surface area contributed by atoms with E-state index in [1.54, 1.807) is 50.6 Å². The molecule has 38 heavy (non-hydrogen) atoms. The van der Waals surface area contributed by atoms with E-state index in [-0.39, 0.29) is 29.1 Å². The van der Waals surface area contributed by atoms with Crippen molar-refractivity contribution in [3.05, 3.63) is 107 Å². The lowest BCUT2D eigenvalue weighted by Gasteiger charge is -2.28. The van der Waals surface area contributed by atoms with Gasteiger partial charge in [0.25, 0.3) is 0 Å². The van der Waals surface area contributed by atoms with Crippen LogP contribution >= 0.6 is 0 Å². The summed E-state index contributed by atoms with van der Waals surface area (Å²) >= 11 is 0. The lowest BCUT2D eigenvalue weighted by molar-refractivity contribution is 0.103. The molecule has 2 aliphatic heterocycles. The molecule has 2 aliphatic rings. The fourth-order valence-electron chi connectivity index (χ4n) is 4.65. The number of carbonyl (C=O) groups is 1. The van der Waals surface area contributed by atoms with Crippen molar-refractivity contribution < 1.29 is 33.6 Å². The van der Waals surface area contributed by atoms with Gasteiger partial charge in [-0.2, -0.15) is 0 Å². The van der Waals surface area contributed by atoms with Crippen LogP contribution < -0.4 is 23.7 Å². The van der Waals surface area contributed by atoms with Crippen molar-refractivity contribution in [2.75, 3.05) is 27.9 Å². The van der Waals surface area contributed by atoms with Crippen LogP contribution in [0, 0.1) is 0 Å². The normalized spacial score (nSPS) is 16.3. The molecule has 4 aromatic carbocycles. The maximum absolute atomic E-state index is 12.1. The quantitative estimate of drug-likeness (QED) is 0.331. The van der Waals surface area contributed by atoms with Gasteiger partial charge in [0.05, 0.1) is 39.4 Å². The number of carbonyl (C=O) groups excluding carboxylic acids is 1. The first-order valence-electron chi connectivity index (χ1n) is 12.1. The smallest absolute Gasteiger partial charge is 0.196 e. The number of phenolic OH excluding ortho intramolecular Hbond substituents is 1. The van der Waals surface area contributed by atoms with Crippen LogP contribution in [0.2, 0.25) is 0 Å². The Bertz CT molecular complexity index is 1450. The zero-order valence-electron chi connectivity index (χ0n) is 21.3. The first-order chi connectivity index (χ1) is 18.5. The molecule has 2 heterocycles. The van der Waals surface area contributed by atoms with Crippen molar-refractivity contribution >= 4 is 5.78 Å². The van der Waals surface area contributed by atoms with Crippen LogP contribution in [-0.4, -0.2) is 38.8 Å². The Morgan fingerprint density at radius 3 is 2.03 bits per heavy atom. The summed E-state index contributed by atoms with van der Waals surface area (Å²) in [4.78, 5) is 12.1. The maximum Gasteiger partial charge on any atom is 0.196 e. The number of fused-ring (bicyclic) bond motifs is 5. The molecule has 0 aliphatic carbocycles. The third kappa shape index (κ3) is 4.83. The van der Waals surface area contributed by atoms with E-state index in [2.05, 4.69) is 6.07 Å². The Hall–Kier alpha value is -4.65. The van der Waals surface area contributed by atoms with Crippen LogP contribution in [-0.2, 0) is 0 Å². The van der Waals surface area contributed by atoms with Crippen molar-refractivity contribution in [1.82, 2.24) is 0 Å². The van der Waals surface area contributed by atoms with E-state index in [1.807, 2.05) is 36.4 Å². The molecule has 0 radical (unpaired) electrons. The SMILES string of the molecule is COc1ccc(C(=O)c2ccccc2)c(O)c1.COc1ccc2c(c1)OC1c3ccc(OC)cc3OCC21. The van der Waals surface area contributed by atoms with Crippen molar-refractivity contribution in [3.63, 3.8) is 0 Å². The number of ketones is 1. The number of benzene rings is 4. The van der Waals surface area contributed by atoms with E-state index in [0.29, 0.717) is 17.9 Å². The van der Waals surface area contributed by atoms with E-state index < -0.39 is 0 Å². The zero-order valence-corrected chi connectivity index (χ0v) is 21.3. The van der Waals surface area contributed by atoms with Crippen LogP contribution in [0.4, 0.5) is 0 Å². The molecule has 0 amide bonds. The molecule has 2 unspecified atom stereocenters. The van der Waals surface area contributed by atoms with Crippen molar-refractivity contribution in [2.45, 2.75) is 12.0 Å². The van der Waals surface area contributed by atoms with Crippen LogP contribution in [0.3, 0.4) is 0 Å². The molecule has 7 heteroatoms. The minimum absolute atomic E-state index is 0.00163. The van der Waals surface area contributed by atoms with Gasteiger partial charge in [-0.15, -0.1) is 0 Å². The molecular weight excluding hydrogens is 484 g/mol. The van der Waals surface area contributed by atoms with Crippen LogP contribution in [0.25, 0.3) is 0 Å². The largest absolute Gasteiger partial charge is 0.507 e. The molecule has 0 saturated heterocycles. The number of ether oxygens (including phenoxy) is 5. The molecule has 0 aromatic heterocycles. The molecule has 4 aromatic rings. The molecule has 2 atom stereocenters. The molecule has 0 fully saturated rings. The number of rotatable bonds is 5. The Labute approximate surface area is 221 Å². The van der Waals surface area contributed by atoms with E-state index in [1.165, 1.54) is 18.7 Å². The third-order valence-corrected chi connectivity index (χ3v) is 6.67. The van der Waals surface area contributed by atoms with Gasteiger partial charge >= 0.3 is 0 Å². The molecule has 0 saturated carbocycles. The minimum atomic E-state index is -0.203. The highest BCUT2D eigenvalue weighted by Gasteiger charge is 2.40. The lowest BCUT2D eigenvalue weighted by atomic mass is 9.89. The summed E-state index contributed by atoms with van der Waals surface area (Å²) in [5, 5.41) is 9.75. The average molecular weight is 513 g/mol. The second-order valence-corrected chi connectivity index (χ2v) is 8.84. The predicted octanol–water partition coefficient (Wildman–Crippen LogP) is 5.95. The van der Waals surface area contributed by atoms with Gasteiger partial charge in [0, 0.05) is 34.9 Å². The Morgan fingerprint density at radius 1 is 0.763 bits per heavy atom. The monoisotopic (exact) mass is 512 g/mol. The minimum Gasteiger partial charge on any atom is -0.507 e. The van der Waals surface area contributed by atoms with E-state index in [4.69, 9.17) is 23.7 Å². The van der Waals surface area contributed by atoms with E-state index in [0.717, 1.165) is 28.6 Å². The molecular formula is C31H28O7. The highest BCUT2D eigenvalue weighted by atomic mass is 16.5. The van der Waals surface area contributed by atoms with Gasteiger partial charge in [-0.3, -0.25) is 4.79 Å². The lowest BCUT2D eigenvalue weighted by Crippen LogP contribution is -2.23. The van der Waals surface area contributed by atoms with Gasteiger partial charge in [0.1, 0.15) is 40.6 Å². The molecule has 0 bridgehead atoms. The van der Waals surface area contributed by atoms with Crippen molar-refractivity contribution in [3.8, 4) is 34.5 Å². The Kier molecular flexibility index (Phi) is 7.09. The summed E-state index contributed by atoms with van der Waals surface area (Å²) in [6.07, 6.45) is 0.00163. The van der Waals surface area contributed by atoms with Crippen molar-refractivity contribution in [2.24, 2.45) is 0 Å². The summed E-state index contributed by atoms with van der Waals surface area (Å²) in [7, 11) is 4.82. The number of aromatic hydroxyl groups is 1. The third-order valence-electron chi connectivity index (χ3n) is 6.67. The van der Waals surface area contributed by atoms with Gasteiger partial charge in [-0.25, -0.2) is 0 Å². The standard InChI is InChI=1S/C17H16O4.C14H12O3/c1-18-10-4-6-13-15(7-10)20-9-14-12-5-3-11(19-2)8-16(12)21-17(13)14;1-17-11-7-8-12(13(15)9-11)14(16)10-5-3-2-4-6-10/h3-8,14,17H,9H2,1-2H3;2-9,15H,1H3. The average Bonchev–Trinajstić information content (AvgIpc) is 3.35. The zero-order chi connectivity index (χ0) is 26.6. The fraction of sp³-hybridized carbons (Fsp3) is 0.194. The van der Waals surface area contributed by atoms with Crippen LogP contribution in [0.1, 0.15) is 39.1 Å². The number of hydrogen-bond acceptors (Lipinski definition) is 7. The van der Waals surface area contributed by atoms with Crippen molar-refractivity contribution in [1.29, 1.82) is 0 Å². The Morgan fingerprint density at radius 2 is 1.37 bits per heavy atom. The van der Waals surface area contributed by atoms with Gasteiger partial charge in [0.2, 0.25) is 0 Å². The highest BCUT2D eigenvalue weighted by Crippen LogP contribution is 2.52. The summed E-state index contributed by atoms with van der Waals surface area (Å²) in [6, 6.07) is 25.3. The first-order valence-corrected chi connectivity index (χ1v) is 12.1. The topological polar surface area (TPSA) is 83.5 Å². The highest BCUT2D eigenvalue weighted by molar-refractivity contribution is 6.10. The number of methoxy groups -OCH3 is 3. The second-order valence-electron chi connectivity index (χ2n) is 8.84. The number of hydrogen-bond donors (Lipinski definition) is 1. The van der Waals surface area contributed by atoms with E-state index >= 15 is 0 Å². The van der Waals surface area contributed by atoms with Gasteiger partial charge in [-0.1, -0.05) is 36.4 Å². The molecule has 6 rings (SSSR count). The summed E-state index contributed by atoms with van der Waals surface area (Å²) in [5.74, 6) is 3.81. The number of phenols is 1. The summed E-state index contributed by atoms with van der Waals surface area (Å²) in [6.45, 7) is 0.615. The second kappa shape index (κ2) is 10.8. The molecule has 7 nitrogen and oxygen atoms in total. The molecule has 194 valence electrons. The van der Waals surface area contributed by atoms with Crippen LogP contribution in [0.5, 0.6) is 34.5 Å². The van der Waals surface area contributed by atoms with Gasteiger partial charge in [-0.05, 0) is 30.3 Å². The summed E-state index contributed by atoms with van der Waals surface area (Å²) in [5.41, 5.74) is 3.08. The van der Waals surface area contributed by atoms with Gasteiger partial charge < -0.3 is 28.8 Å². The summed E-state index contributed by atoms with van der Waals surface area (Å²) < 4.78 is 27.5. The Balaban J connectivity index is 0.000000159. The van der Waals surface area contributed by atoms with E-state index in [9.17, 15) is 9.90 Å². The molecule has 1 N–H and O–H groups in total. The maximum atomic E-state index is 12.1. The fourth-order valence-corrected chi connectivity index (χ4v) is 4.65. The first kappa shape index (κ1) is 25.0.